The van der Waals surface area contributed by atoms with Crippen LogP contribution in [0.4, 0.5) is 4.79 Å². The molecule has 3 aromatic rings. The van der Waals surface area contributed by atoms with Crippen molar-refractivity contribution in [2.24, 2.45) is 0 Å². The van der Waals surface area contributed by atoms with E-state index in [4.69, 9.17) is 0 Å². The van der Waals surface area contributed by atoms with Crippen molar-refractivity contribution < 1.29 is 4.79 Å². The fourth-order valence-corrected chi connectivity index (χ4v) is 4.24. The summed E-state index contributed by atoms with van der Waals surface area (Å²) in [5.41, 5.74) is 4.76. The van der Waals surface area contributed by atoms with Gasteiger partial charge in [-0.1, -0.05) is 42.5 Å². The summed E-state index contributed by atoms with van der Waals surface area (Å²) in [6.45, 7) is 7.72. The lowest BCUT2D eigenvalue weighted by molar-refractivity contribution is 0.142. The van der Waals surface area contributed by atoms with E-state index in [1.165, 1.54) is 16.5 Å². The molecule has 1 fully saturated rings. The van der Waals surface area contributed by atoms with Crippen LogP contribution in [0.5, 0.6) is 0 Å². The van der Waals surface area contributed by atoms with Gasteiger partial charge in [-0.3, -0.25) is 4.90 Å². The number of nitrogens with zero attached hydrogens (tertiary/aromatic N) is 2. The van der Waals surface area contributed by atoms with Crippen LogP contribution in [0, 0.1) is 6.92 Å². The number of urea groups is 1. The van der Waals surface area contributed by atoms with Crippen molar-refractivity contribution >= 4 is 16.9 Å². The minimum absolute atomic E-state index is 0.0272. The highest BCUT2D eigenvalue weighted by Gasteiger charge is 2.21. The Labute approximate surface area is 184 Å². The standard InChI is InChI=1S/C25H33N5O/c1-19-8-9-22-21(17-27-23(22)16-19)10-11-26-25(31)28-24(20-6-4-3-5-7-20)18-30-14-12-29(2)13-15-30/h3-9,16-17,24,27H,10-15,18H2,1-2H3,(H2,26,28,31). The van der Waals surface area contributed by atoms with Crippen molar-refractivity contribution in [3.05, 3.63) is 71.4 Å². The van der Waals surface area contributed by atoms with Crippen molar-refractivity contribution in [3.8, 4) is 0 Å². The van der Waals surface area contributed by atoms with Crippen LogP contribution >= 0.6 is 0 Å². The number of rotatable bonds is 7. The van der Waals surface area contributed by atoms with Crippen molar-refractivity contribution in [1.82, 2.24) is 25.4 Å². The van der Waals surface area contributed by atoms with Crippen LogP contribution in [0.1, 0.15) is 22.7 Å². The molecular weight excluding hydrogens is 386 g/mol. The zero-order valence-corrected chi connectivity index (χ0v) is 18.5. The lowest BCUT2D eigenvalue weighted by Crippen LogP contribution is -2.49. The van der Waals surface area contributed by atoms with Gasteiger partial charge in [-0.25, -0.2) is 4.79 Å². The molecule has 2 heterocycles. The van der Waals surface area contributed by atoms with Gasteiger partial charge in [0.1, 0.15) is 0 Å². The summed E-state index contributed by atoms with van der Waals surface area (Å²) in [6.07, 6.45) is 2.84. The first-order valence-electron chi connectivity index (χ1n) is 11.2. The molecule has 6 heteroatoms. The first-order valence-corrected chi connectivity index (χ1v) is 11.2. The number of aryl methyl sites for hydroxylation is 1. The van der Waals surface area contributed by atoms with Crippen LogP contribution in [-0.4, -0.2) is 67.1 Å². The summed E-state index contributed by atoms with van der Waals surface area (Å²) >= 11 is 0. The molecule has 164 valence electrons. The maximum absolute atomic E-state index is 12.7. The first-order chi connectivity index (χ1) is 15.1. The molecule has 2 aromatic carbocycles. The second-order valence-corrected chi connectivity index (χ2v) is 8.58. The van der Waals surface area contributed by atoms with Crippen LogP contribution in [0.15, 0.2) is 54.7 Å². The van der Waals surface area contributed by atoms with Gasteiger partial charge in [-0.2, -0.15) is 0 Å². The number of aromatic amines is 1. The highest BCUT2D eigenvalue weighted by molar-refractivity contribution is 5.84. The largest absolute Gasteiger partial charge is 0.361 e. The molecule has 1 saturated heterocycles. The van der Waals surface area contributed by atoms with Gasteiger partial charge in [0, 0.05) is 56.4 Å². The molecule has 0 saturated carbocycles. The molecule has 2 amide bonds. The van der Waals surface area contributed by atoms with Crippen LogP contribution < -0.4 is 10.6 Å². The maximum Gasteiger partial charge on any atom is 0.315 e. The Morgan fingerprint density at radius 3 is 2.65 bits per heavy atom. The SMILES string of the molecule is Cc1ccc2c(CCNC(=O)NC(CN3CCN(C)CC3)c3ccccc3)c[nH]c2c1. The summed E-state index contributed by atoms with van der Waals surface area (Å²) in [7, 11) is 2.16. The van der Waals surface area contributed by atoms with Crippen molar-refractivity contribution in [3.63, 3.8) is 0 Å². The number of hydrogen-bond donors (Lipinski definition) is 3. The molecule has 31 heavy (non-hydrogen) atoms. The molecule has 0 radical (unpaired) electrons. The van der Waals surface area contributed by atoms with Crippen LogP contribution in [0.2, 0.25) is 0 Å². The van der Waals surface area contributed by atoms with E-state index in [2.05, 4.69) is 69.7 Å². The average molecular weight is 420 g/mol. The minimum atomic E-state index is -0.112. The van der Waals surface area contributed by atoms with Gasteiger partial charge in [-0.05, 0) is 43.1 Å². The number of nitrogens with one attached hydrogen (secondary N) is 3. The van der Waals surface area contributed by atoms with Crippen LogP contribution in [-0.2, 0) is 6.42 Å². The summed E-state index contributed by atoms with van der Waals surface area (Å²) in [5.74, 6) is 0. The molecule has 1 aliphatic heterocycles. The van der Waals surface area contributed by atoms with Gasteiger partial charge in [0.25, 0.3) is 0 Å². The van der Waals surface area contributed by atoms with Gasteiger partial charge >= 0.3 is 6.03 Å². The fourth-order valence-electron chi connectivity index (χ4n) is 4.24. The zero-order valence-electron chi connectivity index (χ0n) is 18.5. The topological polar surface area (TPSA) is 63.4 Å². The van der Waals surface area contributed by atoms with Gasteiger partial charge in [0.15, 0.2) is 0 Å². The normalized spacial score (nSPS) is 16.3. The van der Waals surface area contributed by atoms with E-state index in [1.807, 2.05) is 24.4 Å². The molecule has 4 rings (SSSR count). The van der Waals surface area contributed by atoms with E-state index >= 15 is 0 Å². The predicted molar refractivity (Wildman–Crippen MR) is 126 cm³/mol. The quantitative estimate of drug-likeness (QED) is 0.551. The predicted octanol–water partition coefficient (Wildman–Crippen LogP) is 3.31. The lowest BCUT2D eigenvalue weighted by Gasteiger charge is -2.35. The van der Waals surface area contributed by atoms with E-state index in [9.17, 15) is 4.79 Å². The molecule has 6 nitrogen and oxygen atoms in total. The van der Waals surface area contributed by atoms with Gasteiger partial charge in [0.05, 0.1) is 6.04 Å². The number of carbonyl (C=O) groups is 1. The number of hydrogen-bond acceptors (Lipinski definition) is 3. The third kappa shape index (κ3) is 5.66. The Kier molecular flexibility index (Phi) is 6.89. The monoisotopic (exact) mass is 419 g/mol. The van der Waals surface area contributed by atoms with Crippen molar-refractivity contribution in [2.75, 3.05) is 46.3 Å². The number of piperazine rings is 1. The molecular formula is C25H33N5O. The third-order valence-electron chi connectivity index (χ3n) is 6.15. The van der Waals surface area contributed by atoms with Gasteiger partial charge < -0.3 is 20.5 Å². The van der Waals surface area contributed by atoms with Crippen LogP contribution in [0.3, 0.4) is 0 Å². The maximum atomic E-state index is 12.7. The average Bonchev–Trinajstić information content (AvgIpc) is 3.17. The Morgan fingerprint density at radius 1 is 1.10 bits per heavy atom. The molecule has 1 atom stereocenters. The van der Waals surface area contributed by atoms with Gasteiger partial charge in [0.2, 0.25) is 0 Å². The second-order valence-electron chi connectivity index (χ2n) is 8.58. The molecule has 1 aliphatic rings. The summed E-state index contributed by atoms with van der Waals surface area (Å²) < 4.78 is 0. The minimum Gasteiger partial charge on any atom is -0.361 e. The summed E-state index contributed by atoms with van der Waals surface area (Å²) in [5, 5.41) is 7.48. The molecule has 0 spiro atoms. The van der Waals surface area contributed by atoms with Crippen molar-refractivity contribution in [1.29, 1.82) is 0 Å². The molecule has 3 N–H and O–H groups in total. The number of likely N-dealkylation sites (N-methyl/N-ethyl adjacent to an activating group) is 1. The molecule has 0 aliphatic carbocycles. The smallest absolute Gasteiger partial charge is 0.315 e. The summed E-state index contributed by atoms with van der Waals surface area (Å²) in [4.78, 5) is 20.8. The Hall–Kier alpha value is -2.83. The number of aromatic nitrogens is 1. The molecule has 1 aromatic heterocycles. The number of H-pyrrole nitrogens is 1. The van der Waals surface area contributed by atoms with E-state index in [0.717, 1.165) is 50.2 Å². The number of amides is 2. The lowest BCUT2D eigenvalue weighted by atomic mass is 10.1. The summed E-state index contributed by atoms with van der Waals surface area (Å²) in [6, 6.07) is 16.6. The highest BCUT2D eigenvalue weighted by Crippen LogP contribution is 2.20. The van der Waals surface area contributed by atoms with Gasteiger partial charge in [-0.15, -0.1) is 0 Å². The Bertz CT molecular complexity index is 992. The van der Waals surface area contributed by atoms with Crippen molar-refractivity contribution in [2.45, 2.75) is 19.4 Å². The third-order valence-corrected chi connectivity index (χ3v) is 6.15. The molecule has 1 unspecified atom stereocenters. The van der Waals surface area contributed by atoms with E-state index in [1.54, 1.807) is 0 Å². The first kappa shape index (κ1) is 21.4. The molecule has 0 bridgehead atoms. The fraction of sp³-hybridized carbons (Fsp3) is 0.400. The van der Waals surface area contributed by atoms with E-state index in [-0.39, 0.29) is 12.1 Å². The number of benzene rings is 2. The van der Waals surface area contributed by atoms with E-state index < -0.39 is 0 Å². The van der Waals surface area contributed by atoms with E-state index in [0.29, 0.717) is 6.54 Å². The highest BCUT2D eigenvalue weighted by atomic mass is 16.2. The Morgan fingerprint density at radius 2 is 1.87 bits per heavy atom. The zero-order chi connectivity index (χ0) is 21.6. The van der Waals surface area contributed by atoms with Crippen LogP contribution in [0.25, 0.3) is 10.9 Å². The number of carbonyl (C=O) groups excluding carboxylic acids is 1. The Balaban J connectivity index is 1.33. The number of fused-ring (bicyclic) bond motifs is 1. The second kappa shape index (κ2) is 9.98.